The Bertz CT molecular complexity index is 258. The van der Waals surface area contributed by atoms with Crippen molar-refractivity contribution < 1.29 is 9.90 Å². The Kier molecular flexibility index (Phi) is 5.01. The van der Waals surface area contributed by atoms with E-state index < -0.39 is 0 Å². The number of Topliss-reactive ketones (excluding diaryl/α,β-unsaturated/α-hetero) is 1. The maximum Gasteiger partial charge on any atom is 0.163 e. The van der Waals surface area contributed by atoms with Crippen molar-refractivity contribution in [1.29, 1.82) is 0 Å². The van der Waals surface area contributed by atoms with E-state index in [0.717, 1.165) is 0 Å². The van der Waals surface area contributed by atoms with Gasteiger partial charge in [0.25, 0.3) is 0 Å². The fourth-order valence-corrected chi connectivity index (χ4v) is 0.771. The fraction of sp³-hybridized carbons (Fsp3) is 0.125. The molecule has 2 radical (unpaired) electrons. The molecule has 1 rings (SSSR count). The van der Waals surface area contributed by atoms with Crippen molar-refractivity contribution in [3.63, 3.8) is 0 Å². The molecule has 0 fully saturated rings. The predicted octanol–water partition coefficient (Wildman–Crippen LogP) is 1.21. The second-order valence-electron chi connectivity index (χ2n) is 2.07. The molecule has 11 heavy (non-hydrogen) atoms. The van der Waals surface area contributed by atoms with Crippen LogP contribution < -0.4 is 0 Å². The van der Waals surface area contributed by atoms with Gasteiger partial charge < -0.3 is 5.11 Å². The van der Waals surface area contributed by atoms with E-state index in [-0.39, 0.29) is 57.0 Å². The number of phenolic OH excluding ortho intramolecular Hbond substituents is 1. The molecule has 1 N–H and O–H groups in total. The molecule has 0 atom stereocenters. The second-order valence-corrected chi connectivity index (χ2v) is 2.07. The van der Waals surface area contributed by atoms with Crippen molar-refractivity contribution >= 4 is 51.3 Å². The van der Waals surface area contributed by atoms with E-state index in [1.165, 1.54) is 13.0 Å². The molecule has 1 aromatic carbocycles. The number of phenols is 1. The van der Waals surface area contributed by atoms with Crippen molar-refractivity contribution in [2.75, 3.05) is 0 Å². The summed E-state index contributed by atoms with van der Waals surface area (Å²) < 4.78 is 0. The zero-order valence-electron chi connectivity index (χ0n) is 6.37. The van der Waals surface area contributed by atoms with Gasteiger partial charge in [-0.25, -0.2) is 0 Å². The van der Waals surface area contributed by atoms with Crippen LogP contribution in [0.2, 0.25) is 0 Å². The molecule has 0 saturated heterocycles. The summed E-state index contributed by atoms with van der Waals surface area (Å²) in [4.78, 5) is 10.7. The van der Waals surface area contributed by atoms with Gasteiger partial charge in [0.15, 0.2) is 5.78 Å². The van der Waals surface area contributed by atoms with Crippen molar-refractivity contribution in [3.8, 4) is 5.75 Å². The van der Waals surface area contributed by atoms with Crippen molar-refractivity contribution in [3.05, 3.63) is 29.8 Å². The number of hydrogen-bond donors (Lipinski definition) is 1. The molecule has 0 amide bonds. The average Bonchev–Trinajstić information content (AvgIpc) is 1.88. The fourth-order valence-electron chi connectivity index (χ4n) is 0.771. The molecule has 0 spiro atoms. The Morgan fingerprint density at radius 3 is 2.27 bits per heavy atom. The monoisotopic (exact) mass is 224 g/mol. The van der Waals surface area contributed by atoms with Crippen LogP contribution in [0.4, 0.5) is 0 Å². The summed E-state index contributed by atoms with van der Waals surface area (Å²) >= 11 is 0. The van der Waals surface area contributed by atoms with Crippen LogP contribution in [0.15, 0.2) is 24.3 Å². The maximum atomic E-state index is 10.7. The standard InChI is InChI=1S/C8H8O2.Sr/c1-6(9)7-4-2-3-5-8(7)10;/h2-5,10H,1H3;. The van der Waals surface area contributed by atoms with E-state index in [1.54, 1.807) is 18.2 Å². The van der Waals surface area contributed by atoms with Gasteiger partial charge in [-0.15, -0.1) is 0 Å². The molecule has 0 unspecified atom stereocenters. The van der Waals surface area contributed by atoms with E-state index in [0.29, 0.717) is 5.56 Å². The minimum Gasteiger partial charge on any atom is -0.507 e. The third-order valence-corrected chi connectivity index (χ3v) is 1.28. The molecule has 0 heterocycles. The van der Waals surface area contributed by atoms with Crippen molar-refractivity contribution in [1.82, 2.24) is 0 Å². The SMILES string of the molecule is CC(=O)c1ccccc1O.[Sr]. The maximum absolute atomic E-state index is 10.7. The molecule has 3 heteroatoms. The van der Waals surface area contributed by atoms with Crippen molar-refractivity contribution in [2.24, 2.45) is 0 Å². The first-order valence-corrected chi connectivity index (χ1v) is 3.01. The van der Waals surface area contributed by atoms with E-state index in [2.05, 4.69) is 0 Å². The summed E-state index contributed by atoms with van der Waals surface area (Å²) in [5, 5.41) is 9.06. The Labute approximate surface area is 103 Å². The first kappa shape index (κ1) is 11.2. The van der Waals surface area contributed by atoms with Gasteiger partial charge in [0, 0.05) is 45.5 Å². The quantitative estimate of drug-likeness (QED) is 0.574. The van der Waals surface area contributed by atoms with Gasteiger partial charge in [-0.2, -0.15) is 0 Å². The van der Waals surface area contributed by atoms with E-state index in [4.69, 9.17) is 5.11 Å². The third kappa shape index (κ3) is 2.95. The molecule has 2 nitrogen and oxygen atoms in total. The molecule has 54 valence electrons. The Morgan fingerprint density at radius 2 is 1.91 bits per heavy atom. The second kappa shape index (κ2) is 4.93. The van der Waals surface area contributed by atoms with Crippen LogP contribution in [0, 0.1) is 0 Å². The number of aromatic hydroxyl groups is 1. The smallest absolute Gasteiger partial charge is 0.163 e. The van der Waals surface area contributed by atoms with Crippen LogP contribution in [-0.2, 0) is 0 Å². The first-order valence-electron chi connectivity index (χ1n) is 3.01. The Morgan fingerprint density at radius 1 is 1.36 bits per heavy atom. The van der Waals surface area contributed by atoms with E-state index in [1.807, 2.05) is 0 Å². The first-order chi connectivity index (χ1) is 4.72. The number of carbonyl (C=O) groups is 1. The van der Waals surface area contributed by atoms with E-state index >= 15 is 0 Å². The Hall–Kier alpha value is 0.171. The van der Waals surface area contributed by atoms with Crippen LogP contribution in [0.5, 0.6) is 5.75 Å². The molecule has 0 aromatic heterocycles. The van der Waals surface area contributed by atoms with E-state index in [9.17, 15) is 4.79 Å². The third-order valence-electron chi connectivity index (χ3n) is 1.28. The summed E-state index contributed by atoms with van der Waals surface area (Å²) in [5.41, 5.74) is 0.377. The number of carbonyl (C=O) groups excluding carboxylic acids is 1. The Balaban J connectivity index is 0.000001000. The largest absolute Gasteiger partial charge is 0.507 e. The van der Waals surface area contributed by atoms with Gasteiger partial charge in [0.1, 0.15) is 5.75 Å². The minimum atomic E-state index is -0.113. The van der Waals surface area contributed by atoms with Crippen LogP contribution in [0.25, 0.3) is 0 Å². The topological polar surface area (TPSA) is 37.3 Å². The molecule has 0 bridgehead atoms. The average molecular weight is 224 g/mol. The summed E-state index contributed by atoms with van der Waals surface area (Å²) in [5.74, 6) is -0.0619. The number of hydrogen-bond acceptors (Lipinski definition) is 2. The predicted molar refractivity (Wildman–Crippen MR) is 43.9 cm³/mol. The summed E-state index contributed by atoms with van der Waals surface area (Å²) in [7, 11) is 0. The van der Waals surface area contributed by atoms with Gasteiger partial charge >= 0.3 is 0 Å². The van der Waals surface area contributed by atoms with Crippen molar-refractivity contribution in [2.45, 2.75) is 6.92 Å². The number of ketones is 1. The van der Waals surface area contributed by atoms with Crippen LogP contribution in [0.1, 0.15) is 17.3 Å². The van der Waals surface area contributed by atoms with Gasteiger partial charge in [0.2, 0.25) is 0 Å². The summed E-state index contributed by atoms with van der Waals surface area (Å²) in [6.07, 6.45) is 0. The number of para-hydroxylation sites is 1. The van der Waals surface area contributed by atoms with Gasteiger partial charge in [-0.05, 0) is 19.1 Å². The molecular formula is C8H8O2Sr. The summed E-state index contributed by atoms with van der Waals surface area (Å²) in [6, 6.07) is 6.49. The normalized spacial score (nSPS) is 8.45. The summed E-state index contributed by atoms with van der Waals surface area (Å²) in [6.45, 7) is 1.43. The molecular weight excluding hydrogens is 216 g/mol. The number of rotatable bonds is 1. The molecule has 0 saturated carbocycles. The zero-order chi connectivity index (χ0) is 7.56. The molecule has 0 aliphatic carbocycles. The molecule has 1 aromatic rings. The number of benzene rings is 1. The van der Waals surface area contributed by atoms with Gasteiger partial charge in [0.05, 0.1) is 5.56 Å². The zero-order valence-corrected chi connectivity index (χ0v) is 9.85. The molecule has 0 aliphatic heterocycles. The minimum absolute atomic E-state index is 0. The molecule has 0 aliphatic rings. The van der Waals surface area contributed by atoms with Gasteiger partial charge in [-0.3, -0.25) is 4.79 Å². The van der Waals surface area contributed by atoms with Crippen LogP contribution in [0.3, 0.4) is 0 Å². The van der Waals surface area contributed by atoms with Crippen LogP contribution in [-0.4, -0.2) is 56.4 Å². The van der Waals surface area contributed by atoms with Gasteiger partial charge in [-0.1, -0.05) is 12.1 Å². The van der Waals surface area contributed by atoms with Crippen LogP contribution >= 0.6 is 0 Å².